The topological polar surface area (TPSA) is 92.0 Å². The van der Waals surface area contributed by atoms with Crippen molar-refractivity contribution in [2.75, 3.05) is 5.73 Å². The Hall–Kier alpha value is -2.81. The molecule has 4 aromatic rings. The molecular weight excluding hydrogens is 468 g/mol. The van der Waals surface area contributed by atoms with E-state index in [1.54, 1.807) is 20.0 Å². The standard InChI is InChI=1S/C20H15Cl3FN5O2/c1-9-16(19(23)29(2)28-9)20-27-26-15(31-20)5-10-3-4-14(22)18(17(10)24)30-13-7-11(21)6-12(25)8-13/h3-4,6-8H,5,25H2,1-2H3. The second kappa shape index (κ2) is 8.37. The second-order valence-corrected chi connectivity index (χ2v) is 7.93. The van der Waals surface area contributed by atoms with E-state index >= 15 is 4.39 Å². The molecule has 2 aromatic carbocycles. The Labute approximate surface area is 191 Å². The Morgan fingerprint density at radius 3 is 2.61 bits per heavy atom. The van der Waals surface area contributed by atoms with Gasteiger partial charge in [-0.2, -0.15) is 5.10 Å². The van der Waals surface area contributed by atoms with Crippen LogP contribution in [0.5, 0.6) is 11.5 Å². The fourth-order valence-corrected chi connectivity index (χ4v) is 3.70. The number of hydrogen-bond acceptors (Lipinski definition) is 6. The highest BCUT2D eigenvalue weighted by Crippen LogP contribution is 2.36. The summed E-state index contributed by atoms with van der Waals surface area (Å²) in [6.07, 6.45) is 0.0149. The third-order valence-corrected chi connectivity index (χ3v) is 5.37. The minimum Gasteiger partial charge on any atom is -0.453 e. The van der Waals surface area contributed by atoms with Crippen molar-refractivity contribution in [3.05, 3.63) is 68.5 Å². The van der Waals surface area contributed by atoms with Crippen LogP contribution in [0.15, 0.2) is 34.7 Å². The normalized spacial score (nSPS) is 11.2. The lowest BCUT2D eigenvalue weighted by atomic mass is 10.1. The molecule has 0 radical (unpaired) electrons. The fraction of sp³-hybridized carbons (Fsp3) is 0.150. The molecule has 0 aliphatic carbocycles. The van der Waals surface area contributed by atoms with Crippen molar-refractivity contribution in [3.63, 3.8) is 0 Å². The highest BCUT2D eigenvalue weighted by Gasteiger charge is 2.21. The van der Waals surface area contributed by atoms with Crippen molar-refractivity contribution < 1.29 is 13.5 Å². The van der Waals surface area contributed by atoms with Gasteiger partial charge in [0, 0.05) is 29.4 Å². The summed E-state index contributed by atoms with van der Waals surface area (Å²) in [7, 11) is 1.70. The molecule has 2 N–H and O–H groups in total. The van der Waals surface area contributed by atoms with Gasteiger partial charge in [-0.25, -0.2) is 4.39 Å². The van der Waals surface area contributed by atoms with E-state index in [-0.39, 0.29) is 40.3 Å². The van der Waals surface area contributed by atoms with Crippen LogP contribution in [0.25, 0.3) is 11.5 Å². The van der Waals surface area contributed by atoms with Crippen molar-refractivity contribution in [1.82, 2.24) is 20.0 Å². The highest BCUT2D eigenvalue weighted by molar-refractivity contribution is 6.32. The molecule has 2 heterocycles. The maximum absolute atomic E-state index is 15.2. The molecular formula is C20H15Cl3FN5O2. The molecule has 0 spiro atoms. The Morgan fingerprint density at radius 2 is 1.94 bits per heavy atom. The molecule has 0 unspecified atom stereocenters. The van der Waals surface area contributed by atoms with Crippen molar-refractivity contribution in [3.8, 4) is 23.0 Å². The van der Waals surface area contributed by atoms with E-state index < -0.39 is 5.82 Å². The summed E-state index contributed by atoms with van der Waals surface area (Å²) in [5.74, 6) is -0.183. The largest absolute Gasteiger partial charge is 0.453 e. The SMILES string of the molecule is Cc1nn(C)c(Cl)c1-c1nnc(Cc2ccc(Cl)c(Oc3cc(N)cc(Cl)c3)c2F)o1. The van der Waals surface area contributed by atoms with Crippen LogP contribution in [0, 0.1) is 12.7 Å². The zero-order chi connectivity index (χ0) is 22.3. The first-order valence-electron chi connectivity index (χ1n) is 8.95. The molecule has 0 fully saturated rings. The van der Waals surface area contributed by atoms with Crippen molar-refractivity contribution in [2.45, 2.75) is 13.3 Å². The van der Waals surface area contributed by atoms with E-state index in [1.165, 1.54) is 28.9 Å². The number of anilines is 1. The molecule has 31 heavy (non-hydrogen) atoms. The second-order valence-electron chi connectivity index (χ2n) is 6.72. The molecule has 0 aliphatic rings. The molecule has 11 heteroatoms. The summed E-state index contributed by atoms with van der Waals surface area (Å²) in [5.41, 5.74) is 7.55. The summed E-state index contributed by atoms with van der Waals surface area (Å²) in [6.45, 7) is 1.77. The van der Waals surface area contributed by atoms with Gasteiger partial charge in [0.1, 0.15) is 10.9 Å². The van der Waals surface area contributed by atoms with Gasteiger partial charge >= 0.3 is 0 Å². The molecule has 0 amide bonds. The van der Waals surface area contributed by atoms with Crippen molar-refractivity contribution in [1.29, 1.82) is 0 Å². The number of ether oxygens (including phenoxy) is 1. The summed E-state index contributed by atoms with van der Waals surface area (Å²) < 4.78 is 28.0. The molecule has 0 atom stereocenters. The minimum absolute atomic E-state index is 0.0149. The lowest BCUT2D eigenvalue weighted by Crippen LogP contribution is -1.98. The minimum atomic E-state index is -0.665. The summed E-state index contributed by atoms with van der Waals surface area (Å²) >= 11 is 18.4. The lowest BCUT2D eigenvalue weighted by Gasteiger charge is -2.12. The van der Waals surface area contributed by atoms with E-state index in [2.05, 4.69) is 15.3 Å². The molecule has 160 valence electrons. The van der Waals surface area contributed by atoms with E-state index in [0.717, 1.165) is 0 Å². The van der Waals surface area contributed by atoms with Crippen molar-refractivity contribution >= 4 is 40.5 Å². The van der Waals surface area contributed by atoms with Crippen LogP contribution >= 0.6 is 34.8 Å². The Kier molecular flexibility index (Phi) is 5.79. The number of aromatic nitrogens is 4. The van der Waals surface area contributed by atoms with Gasteiger partial charge in [0.2, 0.25) is 5.89 Å². The average molecular weight is 483 g/mol. The predicted molar refractivity (Wildman–Crippen MR) is 116 cm³/mol. The summed E-state index contributed by atoms with van der Waals surface area (Å²) in [5, 5.41) is 13.0. The molecule has 0 saturated heterocycles. The molecule has 4 rings (SSSR count). The first-order chi connectivity index (χ1) is 14.7. The van der Waals surface area contributed by atoms with Crippen molar-refractivity contribution in [2.24, 2.45) is 7.05 Å². The molecule has 7 nitrogen and oxygen atoms in total. The zero-order valence-electron chi connectivity index (χ0n) is 16.3. The van der Waals surface area contributed by atoms with Gasteiger partial charge < -0.3 is 14.9 Å². The van der Waals surface area contributed by atoms with Gasteiger partial charge in [0.25, 0.3) is 5.89 Å². The van der Waals surface area contributed by atoms with E-state index in [1.807, 2.05) is 0 Å². The summed E-state index contributed by atoms with van der Waals surface area (Å²) in [6, 6.07) is 7.60. The molecule has 0 bridgehead atoms. The maximum atomic E-state index is 15.2. The van der Waals surface area contributed by atoms with Crippen LogP contribution in [0.1, 0.15) is 17.1 Å². The zero-order valence-corrected chi connectivity index (χ0v) is 18.6. The quantitative estimate of drug-likeness (QED) is 0.359. The molecule has 2 aromatic heterocycles. The van der Waals surface area contributed by atoms with Crippen LogP contribution in [0.3, 0.4) is 0 Å². The van der Waals surface area contributed by atoms with Gasteiger partial charge in [-0.15, -0.1) is 10.2 Å². The number of benzene rings is 2. The predicted octanol–water partition coefficient (Wildman–Crippen LogP) is 5.84. The Bertz CT molecular complexity index is 1270. The highest BCUT2D eigenvalue weighted by atomic mass is 35.5. The van der Waals surface area contributed by atoms with E-state index in [4.69, 9.17) is 49.7 Å². The van der Waals surface area contributed by atoms with Gasteiger partial charge in [-0.1, -0.05) is 40.9 Å². The molecule has 0 saturated carbocycles. The monoisotopic (exact) mass is 481 g/mol. The van der Waals surface area contributed by atoms with E-state index in [0.29, 0.717) is 27.1 Å². The third-order valence-electron chi connectivity index (χ3n) is 4.42. The lowest BCUT2D eigenvalue weighted by molar-refractivity contribution is 0.437. The van der Waals surface area contributed by atoms with Gasteiger partial charge in [-0.3, -0.25) is 4.68 Å². The van der Waals surface area contributed by atoms with Crippen LogP contribution in [-0.4, -0.2) is 20.0 Å². The number of halogens is 4. The number of nitrogens with zero attached hydrogens (tertiary/aromatic N) is 4. The van der Waals surface area contributed by atoms with E-state index in [9.17, 15) is 0 Å². The number of nitrogen functional groups attached to an aromatic ring is 1. The Morgan fingerprint density at radius 1 is 1.16 bits per heavy atom. The smallest absolute Gasteiger partial charge is 0.252 e. The first-order valence-corrected chi connectivity index (χ1v) is 10.1. The first kappa shape index (κ1) is 21.4. The fourth-order valence-electron chi connectivity index (χ4n) is 3.03. The number of nitrogens with two attached hydrogens (primary N) is 1. The van der Waals surface area contributed by atoms with Gasteiger partial charge in [0.05, 0.1) is 22.7 Å². The number of hydrogen-bond donors (Lipinski definition) is 1. The third kappa shape index (κ3) is 4.32. The van der Waals surface area contributed by atoms with Gasteiger partial charge in [-0.05, 0) is 25.1 Å². The summed E-state index contributed by atoms with van der Waals surface area (Å²) in [4.78, 5) is 0. The number of rotatable bonds is 5. The van der Waals surface area contributed by atoms with Crippen LogP contribution in [0.2, 0.25) is 15.2 Å². The number of aryl methyl sites for hydroxylation is 2. The average Bonchev–Trinajstić information content (AvgIpc) is 3.24. The van der Waals surface area contributed by atoms with Crippen LogP contribution < -0.4 is 10.5 Å². The van der Waals surface area contributed by atoms with Crippen LogP contribution in [0.4, 0.5) is 10.1 Å². The maximum Gasteiger partial charge on any atom is 0.252 e. The molecule has 0 aliphatic heterocycles. The van der Waals surface area contributed by atoms with Gasteiger partial charge in [0.15, 0.2) is 11.6 Å². The van der Waals surface area contributed by atoms with Crippen LogP contribution in [-0.2, 0) is 13.5 Å². The Balaban J connectivity index is 1.63.